The standard InChI is InChI=1S/C17H24N4O2/c1-2-18-16(22)12-20-7-9-21(10-8-20)17(23)14-3-4-15-13(11-14)5-6-19-15/h3-4,11,19H,2,5-10,12H2,1H3,(H,18,22). The molecule has 0 aliphatic carbocycles. The van der Waals surface area contributed by atoms with Crippen molar-refractivity contribution in [3.8, 4) is 0 Å². The third-order valence-corrected chi connectivity index (χ3v) is 4.46. The quantitative estimate of drug-likeness (QED) is 0.851. The van der Waals surface area contributed by atoms with Crippen LogP contribution in [0.15, 0.2) is 18.2 Å². The Morgan fingerprint density at radius 2 is 2.00 bits per heavy atom. The zero-order chi connectivity index (χ0) is 16.2. The first-order chi connectivity index (χ1) is 11.2. The molecule has 2 amide bonds. The van der Waals surface area contributed by atoms with E-state index in [1.165, 1.54) is 5.56 Å². The number of carbonyl (C=O) groups is 2. The van der Waals surface area contributed by atoms with Crippen molar-refractivity contribution in [2.75, 3.05) is 51.1 Å². The fourth-order valence-electron chi connectivity index (χ4n) is 3.19. The summed E-state index contributed by atoms with van der Waals surface area (Å²) in [5.41, 5.74) is 3.14. The molecular formula is C17H24N4O2. The number of piperazine rings is 1. The first-order valence-electron chi connectivity index (χ1n) is 8.32. The number of fused-ring (bicyclic) bond motifs is 1. The van der Waals surface area contributed by atoms with Gasteiger partial charge in [-0.3, -0.25) is 14.5 Å². The van der Waals surface area contributed by atoms with Crippen LogP contribution in [0.25, 0.3) is 0 Å². The highest BCUT2D eigenvalue weighted by atomic mass is 16.2. The molecule has 6 heteroatoms. The van der Waals surface area contributed by atoms with Gasteiger partial charge in [0.25, 0.3) is 5.91 Å². The number of likely N-dealkylation sites (N-methyl/N-ethyl adjacent to an activating group) is 1. The minimum atomic E-state index is 0.0541. The Morgan fingerprint density at radius 1 is 1.22 bits per heavy atom. The van der Waals surface area contributed by atoms with Gasteiger partial charge in [0.2, 0.25) is 5.91 Å². The van der Waals surface area contributed by atoms with Crippen molar-refractivity contribution < 1.29 is 9.59 Å². The molecule has 6 nitrogen and oxygen atoms in total. The van der Waals surface area contributed by atoms with E-state index in [1.54, 1.807) is 0 Å². The Morgan fingerprint density at radius 3 is 2.74 bits per heavy atom. The molecule has 0 radical (unpaired) electrons. The molecule has 0 spiro atoms. The first-order valence-corrected chi connectivity index (χ1v) is 8.32. The summed E-state index contributed by atoms with van der Waals surface area (Å²) in [7, 11) is 0. The molecule has 1 fully saturated rings. The number of hydrogen-bond donors (Lipinski definition) is 2. The second-order valence-electron chi connectivity index (χ2n) is 6.07. The Bertz CT molecular complexity index is 594. The highest BCUT2D eigenvalue weighted by Crippen LogP contribution is 2.23. The molecule has 23 heavy (non-hydrogen) atoms. The zero-order valence-electron chi connectivity index (χ0n) is 13.6. The van der Waals surface area contributed by atoms with Crippen molar-refractivity contribution in [3.63, 3.8) is 0 Å². The number of hydrogen-bond acceptors (Lipinski definition) is 4. The van der Waals surface area contributed by atoms with Crippen molar-refractivity contribution in [1.82, 2.24) is 15.1 Å². The second-order valence-corrected chi connectivity index (χ2v) is 6.07. The van der Waals surface area contributed by atoms with E-state index in [1.807, 2.05) is 30.0 Å². The highest BCUT2D eigenvalue weighted by Gasteiger charge is 2.24. The highest BCUT2D eigenvalue weighted by molar-refractivity contribution is 5.95. The molecule has 124 valence electrons. The summed E-state index contributed by atoms with van der Waals surface area (Å²) in [5, 5.41) is 6.12. The number of nitrogens with zero attached hydrogens (tertiary/aromatic N) is 2. The number of carbonyl (C=O) groups excluding carboxylic acids is 2. The van der Waals surface area contributed by atoms with Crippen LogP contribution in [0.3, 0.4) is 0 Å². The molecule has 0 bridgehead atoms. The molecule has 1 aromatic rings. The summed E-state index contributed by atoms with van der Waals surface area (Å²) in [6.45, 7) is 6.78. The Hall–Kier alpha value is -2.08. The van der Waals surface area contributed by atoms with Crippen LogP contribution in [0, 0.1) is 0 Å². The number of nitrogens with one attached hydrogen (secondary N) is 2. The maximum Gasteiger partial charge on any atom is 0.253 e. The van der Waals surface area contributed by atoms with E-state index >= 15 is 0 Å². The lowest BCUT2D eigenvalue weighted by Crippen LogP contribution is -2.51. The van der Waals surface area contributed by atoms with Gasteiger partial charge in [0.1, 0.15) is 0 Å². The van der Waals surface area contributed by atoms with E-state index in [0.717, 1.165) is 37.3 Å². The number of amides is 2. The Labute approximate surface area is 136 Å². The molecule has 1 saturated heterocycles. The monoisotopic (exact) mass is 316 g/mol. The number of rotatable bonds is 4. The smallest absolute Gasteiger partial charge is 0.253 e. The average Bonchev–Trinajstić information content (AvgIpc) is 3.02. The van der Waals surface area contributed by atoms with Crippen LogP contribution in [-0.2, 0) is 11.2 Å². The molecule has 3 rings (SSSR count). The van der Waals surface area contributed by atoms with Crippen LogP contribution < -0.4 is 10.6 Å². The first kappa shape index (κ1) is 15.8. The van der Waals surface area contributed by atoms with Crippen molar-refractivity contribution in [3.05, 3.63) is 29.3 Å². The second kappa shape index (κ2) is 7.00. The molecule has 1 aromatic carbocycles. The van der Waals surface area contributed by atoms with Gasteiger partial charge in [-0.05, 0) is 37.1 Å². The van der Waals surface area contributed by atoms with Crippen molar-refractivity contribution in [2.45, 2.75) is 13.3 Å². The summed E-state index contributed by atoms with van der Waals surface area (Å²) in [6.07, 6.45) is 0.983. The predicted molar refractivity (Wildman–Crippen MR) is 89.7 cm³/mol. The molecular weight excluding hydrogens is 292 g/mol. The Kier molecular flexibility index (Phi) is 4.81. The van der Waals surface area contributed by atoms with E-state index in [0.29, 0.717) is 26.2 Å². The summed E-state index contributed by atoms with van der Waals surface area (Å²) >= 11 is 0. The predicted octanol–water partition coefficient (Wildman–Crippen LogP) is 0.549. The molecule has 0 atom stereocenters. The summed E-state index contributed by atoms with van der Waals surface area (Å²) < 4.78 is 0. The number of anilines is 1. The molecule has 0 saturated carbocycles. The van der Waals surface area contributed by atoms with Crippen LogP contribution in [0.4, 0.5) is 5.69 Å². The van der Waals surface area contributed by atoms with Crippen LogP contribution in [0.2, 0.25) is 0 Å². The van der Waals surface area contributed by atoms with Crippen molar-refractivity contribution >= 4 is 17.5 Å². The lowest BCUT2D eigenvalue weighted by Gasteiger charge is -2.34. The number of benzene rings is 1. The molecule has 0 aromatic heterocycles. The van der Waals surface area contributed by atoms with Crippen molar-refractivity contribution in [1.29, 1.82) is 0 Å². The van der Waals surface area contributed by atoms with E-state index in [9.17, 15) is 9.59 Å². The third-order valence-electron chi connectivity index (χ3n) is 4.46. The van der Waals surface area contributed by atoms with Crippen LogP contribution >= 0.6 is 0 Å². The van der Waals surface area contributed by atoms with E-state index in [2.05, 4.69) is 15.5 Å². The maximum atomic E-state index is 12.6. The minimum Gasteiger partial charge on any atom is -0.384 e. The SMILES string of the molecule is CCNC(=O)CN1CCN(C(=O)c2ccc3c(c2)CCN3)CC1. The third kappa shape index (κ3) is 3.64. The van der Waals surface area contributed by atoms with E-state index in [4.69, 9.17) is 0 Å². The summed E-state index contributed by atoms with van der Waals surface area (Å²) in [5.74, 6) is 0.149. The fraction of sp³-hybridized carbons (Fsp3) is 0.529. The lowest BCUT2D eigenvalue weighted by atomic mass is 10.1. The topological polar surface area (TPSA) is 64.7 Å². The molecule has 2 N–H and O–H groups in total. The molecule has 2 aliphatic heterocycles. The summed E-state index contributed by atoms with van der Waals surface area (Å²) in [6, 6.07) is 5.92. The minimum absolute atomic E-state index is 0.0541. The van der Waals surface area contributed by atoms with Gasteiger partial charge in [-0.2, -0.15) is 0 Å². The molecule has 2 heterocycles. The van der Waals surface area contributed by atoms with Gasteiger partial charge >= 0.3 is 0 Å². The zero-order valence-corrected chi connectivity index (χ0v) is 13.6. The average molecular weight is 316 g/mol. The van der Waals surface area contributed by atoms with Crippen LogP contribution in [-0.4, -0.2) is 67.4 Å². The van der Waals surface area contributed by atoms with Gasteiger partial charge in [-0.1, -0.05) is 0 Å². The van der Waals surface area contributed by atoms with Crippen LogP contribution in [0.1, 0.15) is 22.8 Å². The van der Waals surface area contributed by atoms with Gasteiger partial charge in [-0.25, -0.2) is 0 Å². The molecule has 0 unspecified atom stereocenters. The Balaban J connectivity index is 1.55. The van der Waals surface area contributed by atoms with Gasteiger partial charge in [-0.15, -0.1) is 0 Å². The lowest BCUT2D eigenvalue weighted by molar-refractivity contribution is -0.122. The molecule has 2 aliphatic rings. The van der Waals surface area contributed by atoms with Crippen molar-refractivity contribution in [2.24, 2.45) is 0 Å². The fourth-order valence-corrected chi connectivity index (χ4v) is 3.19. The van der Waals surface area contributed by atoms with Gasteiger partial charge < -0.3 is 15.5 Å². The summed E-state index contributed by atoms with van der Waals surface area (Å²) in [4.78, 5) is 28.2. The van der Waals surface area contributed by atoms with Crippen LogP contribution in [0.5, 0.6) is 0 Å². The van der Waals surface area contributed by atoms with E-state index in [-0.39, 0.29) is 11.8 Å². The maximum absolute atomic E-state index is 12.6. The van der Waals surface area contributed by atoms with E-state index < -0.39 is 0 Å². The van der Waals surface area contributed by atoms with Gasteiger partial charge in [0.05, 0.1) is 6.54 Å². The van der Waals surface area contributed by atoms with Gasteiger partial charge in [0, 0.05) is 50.5 Å². The van der Waals surface area contributed by atoms with Gasteiger partial charge in [0.15, 0.2) is 0 Å². The normalized spacial score (nSPS) is 17.5. The largest absolute Gasteiger partial charge is 0.384 e.